The molecule has 2 aliphatic heterocycles. The second-order valence-electron chi connectivity index (χ2n) is 4.50. The molecule has 0 aromatic rings. The average molecular weight is 258 g/mol. The van der Waals surface area contributed by atoms with Gasteiger partial charge in [0.2, 0.25) is 0 Å². The number of urea groups is 1. The number of aliphatic carboxylic acids is 1. The van der Waals surface area contributed by atoms with Gasteiger partial charge in [-0.3, -0.25) is 4.79 Å². The number of hydrogen-bond acceptors (Lipinski definition) is 3. The summed E-state index contributed by atoms with van der Waals surface area (Å²) >= 11 is 1.73. The molecule has 0 aliphatic carbocycles. The Labute approximate surface area is 105 Å². The number of hydrogen-bond donors (Lipinski definition) is 1. The zero-order valence-corrected chi connectivity index (χ0v) is 10.6. The molecule has 2 rings (SSSR count). The lowest BCUT2D eigenvalue weighted by Crippen LogP contribution is -2.51. The zero-order chi connectivity index (χ0) is 12.3. The Morgan fingerprint density at radius 2 is 1.94 bits per heavy atom. The molecule has 6 heteroatoms. The molecule has 0 saturated carbocycles. The Bertz CT molecular complexity index is 305. The SMILES string of the molecule is O=C(O)CC1CSCCN1C(=O)N1CCCC1. The van der Waals surface area contributed by atoms with Crippen LogP contribution in [-0.2, 0) is 4.79 Å². The maximum Gasteiger partial charge on any atom is 0.320 e. The van der Waals surface area contributed by atoms with Crippen molar-refractivity contribution in [1.29, 1.82) is 0 Å². The highest BCUT2D eigenvalue weighted by Gasteiger charge is 2.32. The van der Waals surface area contributed by atoms with E-state index in [9.17, 15) is 9.59 Å². The Balaban J connectivity index is 1.99. The lowest BCUT2D eigenvalue weighted by molar-refractivity contribution is -0.138. The topological polar surface area (TPSA) is 60.9 Å². The average Bonchev–Trinajstić information content (AvgIpc) is 2.81. The first-order valence-electron chi connectivity index (χ1n) is 6.03. The lowest BCUT2D eigenvalue weighted by atomic mass is 10.2. The fourth-order valence-corrected chi connectivity index (χ4v) is 3.43. The van der Waals surface area contributed by atoms with Gasteiger partial charge in [0, 0.05) is 31.1 Å². The van der Waals surface area contributed by atoms with Gasteiger partial charge in [-0.15, -0.1) is 0 Å². The highest BCUT2D eigenvalue weighted by atomic mass is 32.2. The molecule has 2 fully saturated rings. The standard InChI is InChI=1S/C11H18N2O3S/c14-10(15)7-9-8-17-6-5-13(9)11(16)12-3-1-2-4-12/h9H,1-8H2,(H,14,15). The Morgan fingerprint density at radius 3 is 2.59 bits per heavy atom. The van der Waals surface area contributed by atoms with Crippen molar-refractivity contribution in [2.24, 2.45) is 0 Å². The predicted molar refractivity (Wildman–Crippen MR) is 66.3 cm³/mol. The van der Waals surface area contributed by atoms with Crippen molar-refractivity contribution in [3.05, 3.63) is 0 Å². The van der Waals surface area contributed by atoms with Gasteiger partial charge in [0.15, 0.2) is 0 Å². The number of carbonyl (C=O) groups is 2. The molecule has 2 saturated heterocycles. The van der Waals surface area contributed by atoms with E-state index >= 15 is 0 Å². The number of amides is 2. The number of carbonyl (C=O) groups excluding carboxylic acids is 1. The summed E-state index contributed by atoms with van der Waals surface area (Å²) in [6.45, 7) is 2.32. The molecule has 96 valence electrons. The van der Waals surface area contributed by atoms with Gasteiger partial charge < -0.3 is 14.9 Å². The first kappa shape index (κ1) is 12.5. The molecule has 1 atom stereocenters. The van der Waals surface area contributed by atoms with Crippen molar-refractivity contribution in [2.75, 3.05) is 31.1 Å². The largest absolute Gasteiger partial charge is 0.481 e. The van der Waals surface area contributed by atoms with Gasteiger partial charge in [0.25, 0.3) is 0 Å². The molecule has 17 heavy (non-hydrogen) atoms. The van der Waals surface area contributed by atoms with Crippen molar-refractivity contribution in [3.8, 4) is 0 Å². The van der Waals surface area contributed by atoms with Crippen LogP contribution in [0.2, 0.25) is 0 Å². The molecule has 0 radical (unpaired) electrons. The monoisotopic (exact) mass is 258 g/mol. The number of carboxylic acids is 1. The Kier molecular flexibility index (Phi) is 4.15. The van der Waals surface area contributed by atoms with Crippen LogP contribution in [0, 0.1) is 0 Å². The molecular formula is C11H18N2O3S. The summed E-state index contributed by atoms with van der Waals surface area (Å²) in [7, 11) is 0. The molecular weight excluding hydrogens is 240 g/mol. The highest BCUT2D eigenvalue weighted by molar-refractivity contribution is 7.99. The third-order valence-corrected chi connectivity index (χ3v) is 4.35. The summed E-state index contributed by atoms with van der Waals surface area (Å²) in [5, 5.41) is 8.87. The van der Waals surface area contributed by atoms with E-state index in [1.54, 1.807) is 16.7 Å². The van der Waals surface area contributed by atoms with Crippen LogP contribution in [0.15, 0.2) is 0 Å². The van der Waals surface area contributed by atoms with Gasteiger partial charge in [-0.2, -0.15) is 11.8 Å². The van der Waals surface area contributed by atoms with E-state index in [4.69, 9.17) is 5.11 Å². The molecule has 2 aliphatic rings. The summed E-state index contributed by atoms with van der Waals surface area (Å²) < 4.78 is 0. The first-order valence-corrected chi connectivity index (χ1v) is 7.19. The van der Waals surface area contributed by atoms with Crippen LogP contribution < -0.4 is 0 Å². The van der Waals surface area contributed by atoms with Crippen molar-refractivity contribution < 1.29 is 14.7 Å². The van der Waals surface area contributed by atoms with E-state index in [-0.39, 0.29) is 18.5 Å². The number of likely N-dealkylation sites (tertiary alicyclic amines) is 1. The molecule has 2 heterocycles. The van der Waals surface area contributed by atoms with Crippen LogP contribution in [0.3, 0.4) is 0 Å². The van der Waals surface area contributed by atoms with Crippen LogP contribution in [0.25, 0.3) is 0 Å². The summed E-state index contributed by atoms with van der Waals surface area (Å²) in [5.74, 6) is 0.832. The fraction of sp³-hybridized carbons (Fsp3) is 0.818. The molecule has 5 nitrogen and oxygen atoms in total. The molecule has 2 amide bonds. The number of rotatable bonds is 2. The Morgan fingerprint density at radius 1 is 1.24 bits per heavy atom. The number of thioether (sulfide) groups is 1. The van der Waals surface area contributed by atoms with E-state index in [0.717, 1.165) is 37.4 Å². The second kappa shape index (κ2) is 5.62. The lowest BCUT2D eigenvalue weighted by Gasteiger charge is -2.37. The van der Waals surface area contributed by atoms with Gasteiger partial charge in [0.1, 0.15) is 0 Å². The molecule has 1 unspecified atom stereocenters. The van der Waals surface area contributed by atoms with Gasteiger partial charge in [-0.1, -0.05) is 0 Å². The van der Waals surface area contributed by atoms with Crippen molar-refractivity contribution >= 4 is 23.8 Å². The molecule has 0 aromatic carbocycles. The van der Waals surface area contributed by atoms with E-state index < -0.39 is 5.97 Å². The van der Waals surface area contributed by atoms with Crippen molar-refractivity contribution in [3.63, 3.8) is 0 Å². The quantitative estimate of drug-likeness (QED) is 0.805. The summed E-state index contributed by atoms with van der Waals surface area (Å²) in [6.07, 6.45) is 2.20. The minimum Gasteiger partial charge on any atom is -0.481 e. The molecule has 0 spiro atoms. The van der Waals surface area contributed by atoms with Crippen molar-refractivity contribution in [2.45, 2.75) is 25.3 Å². The molecule has 1 N–H and O–H groups in total. The summed E-state index contributed by atoms with van der Waals surface area (Å²) in [5.41, 5.74) is 0. The normalized spacial score (nSPS) is 25.1. The second-order valence-corrected chi connectivity index (χ2v) is 5.65. The smallest absolute Gasteiger partial charge is 0.320 e. The molecule has 0 bridgehead atoms. The molecule has 0 aromatic heterocycles. The van der Waals surface area contributed by atoms with Gasteiger partial charge in [0.05, 0.1) is 12.5 Å². The van der Waals surface area contributed by atoms with Gasteiger partial charge >= 0.3 is 12.0 Å². The van der Waals surface area contributed by atoms with Gasteiger partial charge in [-0.05, 0) is 12.8 Å². The summed E-state index contributed by atoms with van der Waals surface area (Å²) in [4.78, 5) is 26.6. The van der Waals surface area contributed by atoms with Crippen LogP contribution in [0.5, 0.6) is 0 Å². The van der Waals surface area contributed by atoms with E-state index in [1.807, 2.05) is 4.90 Å². The summed E-state index contributed by atoms with van der Waals surface area (Å²) in [6, 6.07) is -0.103. The predicted octanol–water partition coefficient (Wildman–Crippen LogP) is 1.09. The minimum absolute atomic E-state index is 0.0362. The maximum absolute atomic E-state index is 12.2. The minimum atomic E-state index is -0.822. The van der Waals surface area contributed by atoms with Crippen LogP contribution in [-0.4, -0.2) is 64.1 Å². The van der Waals surface area contributed by atoms with Crippen molar-refractivity contribution in [1.82, 2.24) is 9.80 Å². The third kappa shape index (κ3) is 3.06. The van der Waals surface area contributed by atoms with Gasteiger partial charge in [-0.25, -0.2) is 4.79 Å². The van der Waals surface area contributed by atoms with E-state index in [0.29, 0.717) is 6.54 Å². The number of carboxylic acid groups (broad SMARTS) is 1. The fourth-order valence-electron chi connectivity index (χ4n) is 2.37. The van der Waals surface area contributed by atoms with E-state index in [1.165, 1.54) is 0 Å². The first-order chi connectivity index (χ1) is 8.18. The van der Waals surface area contributed by atoms with E-state index in [2.05, 4.69) is 0 Å². The maximum atomic E-state index is 12.2. The Hall–Kier alpha value is -0.910. The third-order valence-electron chi connectivity index (χ3n) is 3.26. The number of nitrogens with zero attached hydrogens (tertiary/aromatic N) is 2. The van der Waals surface area contributed by atoms with Crippen LogP contribution in [0.4, 0.5) is 4.79 Å². The van der Waals surface area contributed by atoms with Crippen LogP contribution >= 0.6 is 11.8 Å². The van der Waals surface area contributed by atoms with Crippen LogP contribution in [0.1, 0.15) is 19.3 Å². The highest BCUT2D eigenvalue weighted by Crippen LogP contribution is 2.22. The zero-order valence-electron chi connectivity index (χ0n) is 9.80.